The Morgan fingerprint density at radius 3 is 2.53 bits per heavy atom. The van der Waals surface area contributed by atoms with Crippen LogP contribution in [0, 0.1) is 0 Å². The van der Waals surface area contributed by atoms with Gasteiger partial charge in [-0.1, -0.05) is 22.0 Å². The molecule has 0 fully saturated rings. The van der Waals surface area contributed by atoms with Crippen LogP contribution in [-0.4, -0.2) is 9.78 Å². The fourth-order valence-electron chi connectivity index (χ4n) is 1.73. The van der Waals surface area contributed by atoms with Crippen molar-refractivity contribution in [3.63, 3.8) is 0 Å². The number of halogens is 1. The molecule has 0 radical (unpaired) electrons. The highest BCUT2D eigenvalue weighted by molar-refractivity contribution is 9.10. The summed E-state index contributed by atoms with van der Waals surface area (Å²) >= 11 is 3.51. The van der Waals surface area contributed by atoms with Gasteiger partial charge in [0.1, 0.15) is 5.75 Å². The molecule has 0 bridgehead atoms. The predicted octanol–water partition coefficient (Wildman–Crippen LogP) is 4.04. The van der Waals surface area contributed by atoms with Gasteiger partial charge in [0.25, 0.3) is 0 Å². The Balaban J connectivity index is 2.16. The van der Waals surface area contributed by atoms with Crippen molar-refractivity contribution in [2.75, 3.05) is 0 Å². The zero-order valence-corrected chi connectivity index (χ0v) is 12.9. The Kier molecular flexibility index (Phi) is 4.27. The molecule has 4 nitrogen and oxygen atoms in total. The molecule has 0 aliphatic carbocycles. The normalized spacial score (nSPS) is 12.7. The third-order valence-electron chi connectivity index (χ3n) is 2.81. The average molecular weight is 324 g/mol. The van der Waals surface area contributed by atoms with Crippen LogP contribution in [0.1, 0.15) is 38.4 Å². The molecule has 2 rings (SSSR count). The number of hydrogen-bond donors (Lipinski definition) is 1. The number of hydrogen-bond acceptors (Lipinski definition) is 3. The lowest BCUT2D eigenvalue weighted by Crippen LogP contribution is -2.05. The minimum Gasteiger partial charge on any atom is -0.454 e. The Bertz CT molecular complexity index is 564. The number of ether oxygens (including phenoxy) is 1. The van der Waals surface area contributed by atoms with Gasteiger partial charge >= 0.3 is 0 Å². The van der Waals surface area contributed by atoms with Crippen LogP contribution in [0.3, 0.4) is 0 Å². The summed E-state index contributed by atoms with van der Waals surface area (Å²) in [6.07, 6.45) is 3.60. The van der Waals surface area contributed by atoms with Crippen molar-refractivity contribution in [3.8, 4) is 11.5 Å². The van der Waals surface area contributed by atoms with E-state index in [9.17, 15) is 0 Å². The molecular formula is C14H18BrN3O. The van der Waals surface area contributed by atoms with Crippen LogP contribution >= 0.6 is 15.9 Å². The van der Waals surface area contributed by atoms with Crippen LogP contribution in [0.15, 0.2) is 35.1 Å². The van der Waals surface area contributed by atoms with E-state index in [4.69, 9.17) is 10.5 Å². The first-order chi connectivity index (χ1) is 8.97. The first-order valence-corrected chi connectivity index (χ1v) is 7.03. The zero-order chi connectivity index (χ0) is 14.0. The van der Waals surface area contributed by atoms with Crippen LogP contribution in [0.5, 0.6) is 11.5 Å². The van der Waals surface area contributed by atoms with E-state index in [0.29, 0.717) is 6.04 Å². The van der Waals surface area contributed by atoms with Gasteiger partial charge < -0.3 is 10.5 Å². The van der Waals surface area contributed by atoms with E-state index in [1.54, 1.807) is 6.20 Å². The maximum Gasteiger partial charge on any atom is 0.165 e. The van der Waals surface area contributed by atoms with Crippen LogP contribution in [0.25, 0.3) is 0 Å². The first-order valence-electron chi connectivity index (χ1n) is 6.24. The number of nitrogens with zero attached hydrogens (tertiary/aromatic N) is 2. The first kappa shape index (κ1) is 14.1. The molecule has 2 aromatic rings. The van der Waals surface area contributed by atoms with Crippen LogP contribution in [0.4, 0.5) is 0 Å². The van der Waals surface area contributed by atoms with E-state index < -0.39 is 0 Å². The predicted molar refractivity (Wildman–Crippen MR) is 79.4 cm³/mol. The van der Waals surface area contributed by atoms with Crippen molar-refractivity contribution in [1.82, 2.24) is 9.78 Å². The van der Waals surface area contributed by atoms with E-state index in [2.05, 4.69) is 34.9 Å². The molecule has 0 unspecified atom stereocenters. The maximum atomic E-state index is 5.87. The second-order valence-corrected chi connectivity index (χ2v) is 5.68. The third kappa shape index (κ3) is 3.36. The van der Waals surface area contributed by atoms with Crippen LogP contribution in [-0.2, 0) is 0 Å². The molecule has 19 heavy (non-hydrogen) atoms. The minimum atomic E-state index is -0.00730. The van der Waals surface area contributed by atoms with E-state index in [0.717, 1.165) is 21.5 Å². The average Bonchev–Trinajstić information content (AvgIpc) is 2.77. The summed E-state index contributed by atoms with van der Waals surface area (Å²) in [5.41, 5.74) is 6.93. The van der Waals surface area contributed by atoms with Gasteiger partial charge in [-0.05, 0) is 38.5 Å². The van der Waals surface area contributed by atoms with Gasteiger partial charge in [0.05, 0.1) is 12.4 Å². The molecule has 1 aromatic carbocycles. The largest absolute Gasteiger partial charge is 0.454 e. The second-order valence-electron chi connectivity index (χ2n) is 4.82. The SMILES string of the molecule is CC(C)n1cc(Oc2ccc([C@@H](C)N)c(Br)c2)cn1. The van der Waals surface area contributed by atoms with Gasteiger partial charge in [-0.15, -0.1) is 0 Å². The summed E-state index contributed by atoms with van der Waals surface area (Å²) in [5, 5.41) is 4.24. The summed E-state index contributed by atoms with van der Waals surface area (Å²) in [4.78, 5) is 0. The van der Waals surface area contributed by atoms with Crippen molar-refractivity contribution < 1.29 is 4.74 Å². The van der Waals surface area contributed by atoms with E-state index >= 15 is 0 Å². The van der Waals surface area contributed by atoms with Crippen molar-refractivity contribution >= 4 is 15.9 Å². The summed E-state index contributed by atoms with van der Waals surface area (Å²) < 4.78 is 8.59. The summed E-state index contributed by atoms with van der Waals surface area (Å²) in [6, 6.07) is 6.12. The second kappa shape index (κ2) is 5.75. The molecule has 0 amide bonds. The number of benzene rings is 1. The highest BCUT2D eigenvalue weighted by Crippen LogP contribution is 2.29. The van der Waals surface area contributed by atoms with Gasteiger partial charge in [-0.3, -0.25) is 4.68 Å². The highest BCUT2D eigenvalue weighted by atomic mass is 79.9. The fourth-order valence-corrected chi connectivity index (χ4v) is 2.45. The summed E-state index contributed by atoms with van der Waals surface area (Å²) in [7, 11) is 0. The van der Waals surface area contributed by atoms with E-state index in [1.807, 2.05) is 36.0 Å². The fraction of sp³-hybridized carbons (Fsp3) is 0.357. The topological polar surface area (TPSA) is 53.1 Å². The Hall–Kier alpha value is -1.33. The number of nitrogens with two attached hydrogens (primary N) is 1. The Morgan fingerprint density at radius 2 is 2.00 bits per heavy atom. The van der Waals surface area contributed by atoms with Crippen molar-refractivity contribution in [2.45, 2.75) is 32.9 Å². The minimum absolute atomic E-state index is 0.00730. The molecule has 1 heterocycles. The quantitative estimate of drug-likeness (QED) is 0.923. The van der Waals surface area contributed by atoms with Gasteiger partial charge in [0.2, 0.25) is 0 Å². The molecule has 2 N–H and O–H groups in total. The van der Waals surface area contributed by atoms with Crippen molar-refractivity contribution in [3.05, 3.63) is 40.6 Å². The molecule has 0 aliphatic heterocycles. The molecule has 1 atom stereocenters. The molecule has 0 saturated heterocycles. The number of aromatic nitrogens is 2. The van der Waals surface area contributed by atoms with E-state index in [-0.39, 0.29) is 6.04 Å². The molecule has 1 aromatic heterocycles. The van der Waals surface area contributed by atoms with Gasteiger partial charge in [0, 0.05) is 16.6 Å². The van der Waals surface area contributed by atoms with Crippen molar-refractivity contribution in [1.29, 1.82) is 0 Å². The third-order valence-corrected chi connectivity index (χ3v) is 3.49. The molecule has 5 heteroatoms. The molecule has 0 spiro atoms. The summed E-state index contributed by atoms with van der Waals surface area (Å²) in [6.45, 7) is 6.10. The monoisotopic (exact) mass is 323 g/mol. The highest BCUT2D eigenvalue weighted by Gasteiger charge is 2.08. The Morgan fingerprint density at radius 1 is 1.26 bits per heavy atom. The molecular weight excluding hydrogens is 306 g/mol. The van der Waals surface area contributed by atoms with Crippen LogP contribution in [0.2, 0.25) is 0 Å². The lowest BCUT2D eigenvalue weighted by molar-refractivity contribution is 0.476. The lowest BCUT2D eigenvalue weighted by Gasteiger charge is -2.10. The van der Waals surface area contributed by atoms with Gasteiger partial charge in [-0.2, -0.15) is 5.10 Å². The van der Waals surface area contributed by atoms with Gasteiger partial charge in [-0.25, -0.2) is 0 Å². The standard InChI is InChI=1S/C14H18BrN3O/c1-9(2)18-8-12(7-17-18)19-11-4-5-13(10(3)16)14(15)6-11/h4-10H,16H2,1-3H3/t10-/m1/s1. The maximum absolute atomic E-state index is 5.87. The van der Waals surface area contributed by atoms with E-state index in [1.165, 1.54) is 0 Å². The van der Waals surface area contributed by atoms with Gasteiger partial charge in [0.15, 0.2) is 5.75 Å². The molecule has 102 valence electrons. The smallest absolute Gasteiger partial charge is 0.165 e. The lowest BCUT2D eigenvalue weighted by atomic mass is 10.1. The summed E-state index contributed by atoms with van der Waals surface area (Å²) in [5.74, 6) is 1.49. The molecule has 0 aliphatic rings. The van der Waals surface area contributed by atoms with Crippen molar-refractivity contribution in [2.24, 2.45) is 5.73 Å². The zero-order valence-electron chi connectivity index (χ0n) is 11.3. The number of rotatable bonds is 4. The van der Waals surface area contributed by atoms with Crippen LogP contribution < -0.4 is 10.5 Å². The Labute approximate surface area is 121 Å². The molecule has 0 saturated carbocycles.